The topological polar surface area (TPSA) is 111 Å². The molecule has 492 valence electrons. The summed E-state index contributed by atoms with van der Waals surface area (Å²) < 4.78 is 22.8. The van der Waals surface area contributed by atoms with Gasteiger partial charge in [0.1, 0.15) is 13.2 Å². The van der Waals surface area contributed by atoms with E-state index in [9.17, 15) is 19.5 Å². The molecule has 0 rings (SSSR count). The maximum absolute atomic E-state index is 12.9. The zero-order valence-corrected chi connectivity index (χ0v) is 56.2. The van der Waals surface area contributed by atoms with Crippen LogP contribution in [0.15, 0.2) is 85.1 Å². The van der Waals surface area contributed by atoms with Gasteiger partial charge in [0, 0.05) is 12.8 Å². The van der Waals surface area contributed by atoms with E-state index in [1.165, 1.54) is 205 Å². The molecule has 0 aliphatic carbocycles. The Morgan fingerprint density at radius 3 is 1.00 bits per heavy atom. The van der Waals surface area contributed by atoms with Crippen LogP contribution < -0.4 is 5.11 Å². The third-order valence-corrected chi connectivity index (χ3v) is 15.6. The minimum Gasteiger partial charge on any atom is -0.545 e. The predicted octanol–water partition coefficient (Wildman–Crippen LogP) is 20.9. The summed E-state index contributed by atoms with van der Waals surface area (Å²) in [5.74, 6) is -2.28. The molecule has 9 heteroatoms. The van der Waals surface area contributed by atoms with Gasteiger partial charge in [0.05, 0.1) is 40.3 Å². The molecule has 2 atom stereocenters. The molecule has 0 radical (unpaired) electrons. The fraction of sp³-hybridized carbons (Fsp3) is 0.776. The summed E-state index contributed by atoms with van der Waals surface area (Å²) in [4.78, 5) is 37.5. The normalized spacial score (nSPS) is 13.2. The quantitative estimate of drug-likeness (QED) is 0.0195. The molecule has 0 aromatic rings. The Labute approximate surface area is 525 Å². The minimum absolute atomic E-state index is 0.145. The molecule has 0 spiro atoms. The van der Waals surface area contributed by atoms with E-state index < -0.39 is 24.3 Å². The lowest BCUT2D eigenvalue weighted by atomic mass is 10.0. The number of carboxylic acid groups (broad SMARTS) is 1. The van der Waals surface area contributed by atoms with Gasteiger partial charge in [-0.05, 0) is 89.9 Å². The van der Waals surface area contributed by atoms with Crippen LogP contribution in [0.25, 0.3) is 0 Å². The fourth-order valence-corrected chi connectivity index (χ4v) is 10.2. The van der Waals surface area contributed by atoms with E-state index in [1.54, 1.807) is 0 Å². The molecular formula is C76H135NO8. The van der Waals surface area contributed by atoms with Crippen LogP contribution in [0, 0.1) is 0 Å². The summed E-state index contributed by atoms with van der Waals surface area (Å²) >= 11 is 0. The molecule has 0 aromatic heterocycles. The van der Waals surface area contributed by atoms with Crippen LogP contribution in [0.5, 0.6) is 0 Å². The Balaban J connectivity index is 4.03. The summed E-state index contributed by atoms with van der Waals surface area (Å²) in [6.07, 6.45) is 86.8. The van der Waals surface area contributed by atoms with Gasteiger partial charge in [-0.25, -0.2) is 0 Å². The maximum Gasteiger partial charge on any atom is 0.306 e. The van der Waals surface area contributed by atoms with Crippen LogP contribution in [0.4, 0.5) is 0 Å². The second kappa shape index (κ2) is 66.4. The second-order valence-electron chi connectivity index (χ2n) is 25.1. The van der Waals surface area contributed by atoms with Crippen LogP contribution in [-0.4, -0.2) is 82.3 Å². The van der Waals surface area contributed by atoms with Crippen LogP contribution in [0.1, 0.15) is 322 Å². The number of aliphatic carboxylic acids is 1. The maximum atomic E-state index is 12.9. The monoisotopic (exact) mass is 1190 g/mol. The third-order valence-electron chi connectivity index (χ3n) is 15.6. The van der Waals surface area contributed by atoms with Gasteiger partial charge >= 0.3 is 11.9 Å². The van der Waals surface area contributed by atoms with Crippen LogP contribution in [-0.2, 0) is 33.3 Å². The second-order valence-corrected chi connectivity index (χ2v) is 25.1. The van der Waals surface area contributed by atoms with Crippen molar-refractivity contribution in [3.63, 3.8) is 0 Å². The number of likely N-dealkylation sites (N-methyl/N-ethyl adjacent to an activating group) is 1. The number of nitrogens with zero attached hydrogens (tertiary/aromatic N) is 1. The highest BCUT2D eigenvalue weighted by molar-refractivity contribution is 5.70. The molecule has 0 aliphatic heterocycles. The molecule has 0 N–H and O–H groups in total. The van der Waals surface area contributed by atoms with Gasteiger partial charge in [-0.1, -0.05) is 304 Å². The molecule has 0 fully saturated rings. The molecule has 0 aromatic carbocycles. The van der Waals surface area contributed by atoms with Crippen molar-refractivity contribution >= 4 is 17.9 Å². The lowest BCUT2D eigenvalue weighted by Gasteiger charge is -2.26. The Kier molecular flexibility index (Phi) is 63.7. The van der Waals surface area contributed by atoms with E-state index in [-0.39, 0.29) is 32.2 Å². The smallest absolute Gasteiger partial charge is 0.306 e. The largest absolute Gasteiger partial charge is 0.545 e. The van der Waals surface area contributed by atoms with E-state index in [2.05, 4.69) is 98.9 Å². The van der Waals surface area contributed by atoms with Gasteiger partial charge in [-0.15, -0.1) is 0 Å². The molecule has 9 nitrogen and oxygen atoms in total. The van der Waals surface area contributed by atoms with Gasteiger partial charge in [-0.2, -0.15) is 0 Å². The fourth-order valence-electron chi connectivity index (χ4n) is 10.2. The summed E-state index contributed by atoms with van der Waals surface area (Å²) in [5.41, 5.74) is 0. The number of carbonyl (C=O) groups excluding carboxylic acids is 3. The number of hydrogen-bond donors (Lipinski definition) is 0. The first-order valence-electron chi connectivity index (χ1n) is 35.7. The number of esters is 2. The molecule has 0 aliphatic rings. The van der Waals surface area contributed by atoms with E-state index in [0.717, 1.165) is 83.5 Å². The highest BCUT2D eigenvalue weighted by atomic mass is 16.7. The Morgan fingerprint density at radius 2 is 0.671 bits per heavy atom. The Bertz CT molecular complexity index is 1670. The molecule has 0 heterocycles. The Hall–Kier alpha value is -3.53. The number of ether oxygens (including phenoxy) is 4. The summed E-state index contributed by atoms with van der Waals surface area (Å²) in [6.45, 7) is 4.65. The van der Waals surface area contributed by atoms with E-state index in [1.807, 2.05) is 21.1 Å². The van der Waals surface area contributed by atoms with Crippen molar-refractivity contribution < 1.29 is 42.9 Å². The lowest BCUT2D eigenvalue weighted by molar-refractivity contribution is -0.870. The van der Waals surface area contributed by atoms with Crippen LogP contribution >= 0.6 is 0 Å². The van der Waals surface area contributed by atoms with E-state index >= 15 is 0 Å². The highest BCUT2D eigenvalue weighted by Crippen LogP contribution is 2.18. The molecule has 2 unspecified atom stereocenters. The number of rotatable bonds is 66. The SMILES string of the molecule is CC/C=C\C/C=C\C/C=C\C/C=C\CCCCCCCCCCCCC(=O)OC(COC(=O)CCCCCCCCCCCCCCCCCCCCCCCC/C=C\C/C=C\C/C=C\CCCCCCC)COC(OCC[N+](C)(C)C)C(=O)[O-]. The highest BCUT2D eigenvalue weighted by Gasteiger charge is 2.22. The molecular weight excluding hydrogens is 1050 g/mol. The number of quaternary nitrogens is 1. The standard InChI is InChI=1S/C76H135NO8/c1-6-8-10-12-14-16-18-20-22-24-26-28-30-31-32-33-34-35-36-37-38-39-40-41-42-43-45-46-48-50-52-54-56-58-60-62-64-66-73(78)83-70-72(71-84-76(75(80)81)82-69-68-77(3,4)5)85-74(79)67-65-63-61-59-57-55-53-51-49-47-44-29-27-25-23-21-19-17-15-13-11-9-7-2/h9,11,15,17-18,20-21,23-24,26-27,29-31,72,76H,6-8,10,12-14,16,19,22,25,28,32-71H2,1-5H3/b11-9-,17-15-,20-18-,23-21-,26-24-,29-27-,31-30-. The molecule has 85 heavy (non-hydrogen) atoms. The number of hydrogen-bond acceptors (Lipinski definition) is 8. The van der Waals surface area contributed by atoms with Crippen molar-refractivity contribution in [2.45, 2.75) is 334 Å². The summed E-state index contributed by atoms with van der Waals surface area (Å²) in [6, 6.07) is 0. The van der Waals surface area contributed by atoms with Crippen molar-refractivity contribution in [3.05, 3.63) is 85.1 Å². The molecule has 0 amide bonds. The first-order chi connectivity index (χ1) is 41.6. The zero-order chi connectivity index (χ0) is 61.9. The number of carbonyl (C=O) groups is 3. The summed E-state index contributed by atoms with van der Waals surface area (Å²) in [7, 11) is 5.93. The van der Waals surface area contributed by atoms with Gasteiger partial charge in [-0.3, -0.25) is 9.59 Å². The number of allylic oxidation sites excluding steroid dienone is 14. The molecule has 0 saturated carbocycles. The first-order valence-corrected chi connectivity index (χ1v) is 35.7. The van der Waals surface area contributed by atoms with Crippen molar-refractivity contribution in [2.75, 3.05) is 47.5 Å². The van der Waals surface area contributed by atoms with E-state index in [4.69, 9.17) is 18.9 Å². The zero-order valence-electron chi connectivity index (χ0n) is 56.2. The van der Waals surface area contributed by atoms with Crippen molar-refractivity contribution in [1.29, 1.82) is 0 Å². The first kappa shape index (κ1) is 81.5. The summed E-state index contributed by atoms with van der Waals surface area (Å²) in [5, 5.41) is 11.8. The van der Waals surface area contributed by atoms with Crippen molar-refractivity contribution in [3.8, 4) is 0 Å². The van der Waals surface area contributed by atoms with Crippen molar-refractivity contribution in [1.82, 2.24) is 0 Å². The van der Waals surface area contributed by atoms with Crippen LogP contribution in [0.3, 0.4) is 0 Å². The van der Waals surface area contributed by atoms with Gasteiger partial charge in [0.2, 0.25) is 0 Å². The average Bonchev–Trinajstić information content (AvgIpc) is 3.49. The number of carboxylic acids is 1. The van der Waals surface area contributed by atoms with E-state index in [0.29, 0.717) is 23.9 Å². The Morgan fingerprint density at radius 1 is 0.365 bits per heavy atom. The third kappa shape index (κ3) is 67.8. The predicted molar refractivity (Wildman–Crippen MR) is 361 cm³/mol. The van der Waals surface area contributed by atoms with Gasteiger partial charge < -0.3 is 33.3 Å². The van der Waals surface area contributed by atoms with Gasteiger partial charge in [0.15, 0.2) is 12.4 Å². The number of unbranched alkanes of at least 4 members (excludes halogenated alkanes) is 37. The molecule has 0 bridgehead atoms. The van der Waals surface area contributed by atoms with Gasteiger partial charge in [0.25, 0.3) is 0 Å². The minimum atomic E-state index is -1.63. The van der Waals surface area contributed by atoms with Crippen molar-refractivity contribution in [2.24, 2.45) is 0 Å². The van der Waals surface area contributed by atoms with Crippen LogP contribution in [0.2, 0.25) is 0 Å². The molecule has 0 saturated heterocycles. The lowest BCUT2D eigenvalue weighted by Crippen LogP contribution is -2.44. The average molecular weight is 1190 g/mol.